The normalized spacial score (nSPS) is 13.7. The van der Waals surface area contributed by atoms with E-state index >= 15 is 0 Å². The number of aromatic nitrogens is 4. The summed E-state index contributed by atoms with van der Waals surface area (Å²) in [6, 6.07) is 13.1. The van der Waals surface area contributed by atoms with Crippen LogP contribution in [0.15, 0.2) is 48.7 Å². The van der Waals surface area contributed by atoms with Crippen LogP contribution in [-0.2, 0) is 0 Å². The van der Waals surface area contributed by atoms with Crippen molar-refractivity contribution in [3.05, 3.63) is 59.9 Å². The molecule has 1 saturated heterocycles. The van der Waals surface area contributed by atoms with E-state index in [1.165, 1.54) is 0 Å². The molecule has 31 heavy (non-hydrogen) atoms. The molecule has 1 aliphatic rings. The SMILES string of the molecule is CCOc1ccc(C(=O)N2CCN(c3ccc(Nc4cccc(C)n4)nn3)CC2)cn1. The molecule has 3 aromatic rings. The third kappa shape index (κ3) is 5.06. The van der Waals surface area contributed by atoms with Crippen LogP contribution in [0.4, 0.5) is 17.5 Å². The van der Waals surface area contributed by atoms with Crippen LogP contribution in [-0.4, -0.2) is 63.8 Å². The molecule has 1 aliphatic heterocycles. The van der Waals surface area contributed by atoms with E-state index in [1.54, 1.807) is 18.3 Å². The molecule has 0 aromatic carbocycles. The van der Waals surface area contributed by atoms with Gasteiger partial charge in [0, 0.05) is 44.1 Å². The summed E-state index contributed by atoms with van der Waals surface area (Å²) in [5.74, 6) is 2.67. The predicted octanol–water partition coefficient (Wildman–Crippen LogP) is 2.68. The number of carbonyl (C=O) groups is 1. The third-order valence-corrected chi connectivity index (χ3v) is 4.96. The van der Waals surface area contributed by atoms with Gasteiger partial charge in [0.15, 0.2) is 11.6 Å². The van der Waals surface area contributed by atoms with Crippen molar-refractivity contribution in [3.63, 3.8) is 0 Å². The molecule has 0 unspecified atom stereocenters. The molecule has 9 heteroatoms. The number of anilines is 3. The highest BCUT2D eigenvalue weighted by molar-refractivity contribution is 5.94. The van der Waals surface area contributed by atoms with E-state index in [1.807, 2.05) is 49.1 Å². The lowest BCUT2D eigenvalue weighted by molar-refractivity contribution is 0.0746. The van der Waals surface area contributed by atoms with Crippen molar-refractivity contribution >= 4 is 23.4 Å². The molecule has 4 heterocycles. The van der Waals surface area contributed by atoms with Crippen molar-refractivity contribution in [1.82, 2.24) is 25.1 Å². The van der Waals surface area contributed by atoms with Crippen molar-refractivity contribution < 1.29 is 9.53 Å². The van der Waals surface area contributed by atoms with Gasteiger partial charge in [0.05, 0.1) is 12.2 Å². The van der Waals surface area contributed by atoms with E-state index in [0.29, 0.717) is 50.0 Å². The lowest BCUT2D eigenvalue weighted by atomic mass is 10.2. The number of aryl methyl sites for hydroxylation is 1. The smallest absolute Gasteiger partial charge is 0.255 e. The van der Waals surface area contributed by atoms with Gasteiger partial charge in [-0.25, -0.2) is 9.97 Å². The van der Waals surface area contributed by atoms with Crippen LogP contribution in [0.1, 0.15) is 23.0 Å². The van der Waals surface area contributed by atoms with Crippen molar-refractivity contribution in [2.24, 2.45) is 0 Å². The second-order valence-electron chi connectivity index (χ2n) is 7.16. The summed E-state index contributed by atoms with van der Waals surface area (Å²) in [4.78, 5) is 25.3. The Labute approximate surface area is 181 Å². The van der Waals surface area contributed by atoms with Gasteiger partial charge in [-0.15, -0.1) is 10.2 Å². The lowest BCUT2D eigenvalue weighted by Gasteiger charge is -2.35. The number of pyridine rings is 2. The maximum Gasteiger partial charge on any atom is 0.255 e. The van der Waals surface area contributed by atoms with Crippen LogP contribution in [0.3, 0.4) is 0 Å². The maximum atomic E-state index is 12.7. The number of ether oxygens (including phenoxy) is 1. The number of nitrogens with zero attached hydrogens (tertiary/aromatic N) is 6. The zero-order chi connectivity index (χ0) is 21.6. The highest BCUT2D eigenvalue weighted by Crippen LogP contribution is 2.18. The quantitative estimate of drug-likeness (QED) is 0.651. The molecule has 0 bridgehead atoms. The molecule has 4 rings (SSSR count). The van der Waals surface area contributed by atoms with Gasteiger partial charge in [-0.3, -0.25) is 4.79 Å². The average molecular weight is 419 g/mol. The number of nitrogens with one attached hydrogen (secondary N) is 1. The fourth-order valence-corrected chi connectivity index (χ4v) is 3.37. The second-order valence-corrected chi connectivity index (χ2v) is 7.16. The summed E-state index contributed by atoms with van der Waals surface area (Å²) in [6.45, 7) is 6.99. The molecule has 9 nitrogen and oxygen atoms in total. The zero-order valence-corrected chi connectivity index (χ0v) is 17.7. The fourth-order valence-electron chi connectivity index (χ4n) is 3.37. The van der Waals surface area contributed by atoms with Gasteiger partial charge >= 0.3 is 0 Å². The van der Waals surface area contributed by atoms with E-state index in [9.17, 15) is 4.79 Å². The van der Waals surface area contributed by atoms with Crippen molar-refractivity contribution in [2.45, 2.75) is 13.8 Å². The molecular formula is C22H25N7O2. The summed E-state index contributed by atoms with van der Waals surface area (Å²) in [5.41, 5.74) is 1.50. The Morgan fingerprint density at radius 3 is 2.52 bits per heavy atom. The van der Waals surface area contributed by atoms with E-state index in [4.69, 9.17) is 4.74 Å². The van der Waals surface area contributed by atoms with Gasteiger partial charge in [-0.2, -0.15) is 0 Å². The number of amides is 1. The van der Waals surface area contributed by atoms with Gasteiger partial charge in [0.2, 0.25) is 5.88 Å². The molecule has 3 aromatic heterocycles. The van der Waals surface area contributed by atoms with E-state index in [-0.39, 0.29) is 5.91 Å². The first-order chi connectivity index (χ1) is 15.1. The monoisotopic (exact) mass is 419 g/mol. The van der Waals surface area contributed by atoms with Gasteiger partial charge in [0.1, 0.15) is 5.82 Å². The number of hydrogen-bond acceptors (Lipinski definition) is 8. The fraction of sp³-hybridized carbons (Fsp3) is 0.318. The van der Waals surface area contributed by atoms with Crippen LogP contribution in [0.5, 0.6) is 5.88 Å². The summed E-state index contributed by atoms with van der Waals surface area (Å²) >= 11 is 0. The highest BCUT2D eigenvalue weighted by Gasteiger charge is 2.23. The predicted molar refractivity (Wildman–Crippen MR) is 118 cm³/mol. The number of carbonyl (C=O) groups excluding carboxylic acids is 1. The standard InChI is InChI=1S/C22H25N7O2/c1-3-31-21-10-7-17(15-23-21)22(30)29-13-11-28(12-14-29)20-9-8-19(26-27-20)25-18-6-4-5-16(2)24-18/h4-10,15H,3,11-14H2,1-2H3,(H,24,25,26). The third-order valence-electron chi connectivity index (χ3n) is 4.96. The van der Waals surface area contributed by atoms with Crippen molar-refractivity contribution in [2.75, 3.05) is 43.0 Å². The average Bonchev–Trinajstić information content (AvgIpc) is 2.80. The van der Waals surface area contributed by atoms with Crippen LogP contribution < -0.4 is 15.0 Å². The number of rotatable bonds is 6. The Hall–Kier alpha value is -3.75. The second kappa shape index (κ2) is 9.38. The van der Waals surface area contributed by atoms with Crippen LogP contribution >= 0.6 is 0 Å². The molecule has 0 saturated carbocycles. The minimum absolute atomic E-state index is 0.0218. The first-order valence-electron chi connectivity index (χ1n) is 10.3. The van der Waals surface area contributed by atoms with Crippen LogP contribution in [0.25, 0.3) is 0 Å². The zero-order valence-electron chi connectivity index (χ0n) is 17.7. The molecule has 0 atom stereocenters. The van der Waals surface area contributed by atoms with E-state index < -0.39 is 0 Å². The van der Waals surface area contributed by atoms with Gasteiger partial charge < -0.3 is 19.9 Å². The van der Waals surface area contributed by atoms with Crippen LogP contribution in [0.2, 0.25) is 0 Å². The highest BCUT2D eigenvalue weighted by atomic mass is 16.5. The number of piperazine rings is 1. The van der Waals surface area contributed by atoms with Gasteiger partial charge in [-0.05, 0) is 44.2 Å². The maximum absolute atomic E-state index is 12.7. The van der Waals surface area contributed by atoms with Gasteiger partial charge in [-0.1, -0.05) is 6.07 Å². The summed E-state index contributed by atoms with van der Waals surface area (Å²) in [6.07, 6.45) is 1.57. The van der Waals surface area contributed by atoms with Crippen molar-refractivity contribution in [3.8, 4) is 5.88 Å². The van der Waals surface area contributed by atoms with E-state index in [0.717, 1.165) is 17.3 Å². The first kappa shape index (κ1) is 20.5. The summed E-state index contributed by atoms with van der Waals surface area (Å²) in [7, 11) is 0. The Kier molecular flexibility index (Phi) is 6.21. The molecule has 0 radical (unpaired) electrons. The first-order valence-corrected chi connectivity index (χ1v) is 10.3. The largest absolute Gasteiger partial charge is 0.478 e. The summed E-state index contributed by atoms with van der Waals surface area (Å²) in [5, 5.41) is 11.8. The topological polar surface area (TPSA) is 96.4 Å². The Morgan fingerprint density at radius 1 is 1.03 bits per heavy atom. The minimum atomic E-state index is -0.0218. The molecule has 0 spiro atoms. The Bertz CT molecular complexity index is 1020. The lowest BCUT2D eigenvalue weighted by Crippen LogP contribution is -2.49. The van der Waals surface area contributed by atoms with Gasteiger partial charge in [0.25, 0.3) is 5.91 Å². The Morgan fingerprint density at radius 2 is 1.87 bits per heavy atom. The number of hydrogen-bond donors (Lipinski definition) is 1. The molecule has 1 N–H and O–H groups in total. The molecular weight excluding hydrogens is 394 g/mol. The molecule has 1 amide bonds. The molecule has 160 valence electrons. The molecule has 1 fully saturated rings. The molecule has 0 aliphatic carbocycles. The summed E-state index contributed by atoms with van der Waals surface area (Å²) < 4.78 is 5.33. The minimum Gasteiger partial charge on any atom is -0.478 e. The van der Waals surface area contributed by atoms with Crippen LogP contribution in [0, 0.1) is 6.92 Å². The van der Waals surface area contributed by atoms with E-state index in [2.05, 4.69) is 30.4 Å². The van der Waals surface area contributed by atoms with Crippen molar-refractivity contribution in [1.29, 1.82) is 0 Å². The Balaban J connectivity index is 1.32.